The molecule has 5 heteroatoms. The van der Waals surface area contributed by atoms with Crippen molar-refractivity contribution in [1.82, 2.24) is 14.8 Å². The standard InChI is InChI=1S/C14H20N4O/c1-4-18-14(16-9-17-18)8-12(15)11-5-6-13(19-3)10(2)7-11/h5-7,9,12H,4,8,15H2,1-3H3. The molecule has 0 spiro atoms. The van der Waals surface area contributed by atoms with Crippen molar-refractivity contribution in [3.63, 3.8) is 0 Å². The van der Waals surface area contributed by atoms with Gasteiger partial charge < -0.3 is 10.5 Å². The van der Waals surface area contributed by atoms with E-state index in [1.54, 1.807) is 13.4 Å². The van der Waals surface area contributed by atoms with Crippen molar-refractivity contribution in [3.05, 3.63) is 41.5 Å². The largest absolute Gasteiger partial charge is 0.496 e. The zero-order chi connectivity index (χ0) is 13.8. The van der Waals surface area contributed by atoms with Gasteiger partial charge in [-0.25, -0.2) is 4.98 Å². The Balaban J connectivity index is 2.16. The van der Waals surface area contributed by atoms with Gasteiger partial charge in [-0.15, -0.1) is 0 Å². The molecule has 0 bridgehead atoms. The number of ether oxygens (including phenoxy) is 1. The highest BCUT2D eigenvalue weighted by Gasteiger charge is 2.12. The molecule has 102 valence electrons. The second-order valence-corrected chi connectivity index (χ2v) is 4.53. The first kappa shape index (κ1) is 13.5. The fourth-order valence-corrected chi connectivity index (χ4v) is 2.16. The van der Waals surface area contributed by atoms with Gasteiger partial charge in [-0.3, -0.25) is 4.68 Å². The van der Waals surface area contributed by atoms with Crippen molar-refractivity contribution in [2.24, 2.45) is 5.73 Å². The van der Waals surface area contributed by atoms with E-state index in [1.165, 1.54) is 0 Å². The number of nitrogens with two attached hydrogens (primary N) is 1. The first-order valence-electron chi connectivity index (χ1n) is 6.42. The smallest absolute Gasteiger partial charge is 0.138 e. The third-order valence-corrected chi connectivity index (χ3v) is 3.24. The number of benzene rings is 1. The molecule has 2 rings (SSSR count). The maximum absolute atomic E-state index is 6.25. The summed E-state index contributed by atoms with van der Waals surface area (Å²) in [6.07, 6.45) is 2.25. The van der Waals surface area contributed by atoms with Crippen LogP contribution in [0.2, 0.25) is 0 Å². The molecule has 2 aromatic rings. The summed E-state index contributed by atoms with van der Waals surface area (Å²) < 4.78 is 7.13. The molecule has 1 aromatic carbocycles. The molecule has 0 saturated carbocycles. The number of aryl methyl sites for hydroxylation is 2. The van der Waals surface area contributed by atoms with Gasteiger partial charge in [-0.05, 0) is 31.0 Å². The molecule has 0 aliphatic heterocycles. The van der Waals surface area contributed by atoms with Crippen molar-refractivity contribution < 1.29 is 4.74 Å². The van der Waals surface area contributed by atoms with E-state index < -0.39 is 0 Å². The molecule has 0 aliphatic rings. The Bertz CT molecular complexity index is 550. The average Bonchev–Trinajstić information content (AvgIpc) is 2.85. The normalized spacial score (nSPS) is 12.4. The Morgan fingerprint density at radius 2 is 2.21 bits per heavy atom. The topological polar surface area (TPSA) is 66.0 Å². The number of methoxy groups -OCH3 is 1. The van der Waals surface area contributed by atoms with Crippen LogP contribution in [0.1, 0.15) is 29.9 Å². The first-order valence-corrected chi connectivity index (χ1v) is 6.42. The van der Waals surface area contributed by atoms with Crippen molar-refractivity contribution in [2.45, 2.75) is 32.9 Å². The van der Waals surface area contributed by atoms with E-state index in [-0.39, 0.29) is 6.04 Å². The van der Waals surface area contributed by atoms with Gasteiger partial charge in [0.05, 0.1) is 7.11 Å². The summed E-state index contributed by atoms with van der Waals surface area (Å²) in [5.41, 5.74) is 8.43. The van der Waals surface area contributed by atoms with Crippen LogP contribution in [0.4, 0.5) is 0 Å². The van der Waals surface area contributed by atoms with Gasteiger partial charge in [0.2, 0.25) is 0 Å². The lowest BCUT2D eigenvalue weighted by Gasteiger charge is -2.14. The third kappa shape index (κ3) is 2.93. The van der Waals surface area contributed by atoms with Gasteiger partial charge >= 0.3 is 0 Å². The van der Waals surface area contributed by atoms with Crippen LogP contribution >= 0.6 is 0 Å². The van der Waals surface area contributed by atoms with Crippen LogP contribution in [0.3, 0.4) is 0 Å². The highest BCUT2D eigenvalue weighted by atomic mass is 16.5. The van der Waals surface area contributed by atoms with E-state index in [4.69, 9.17) is 10.5 Å². The molecule has 5 nitrogen and oxygen atoms in total. The van der Waals surface area contributed by atoms with Crippen molar-refractivity contribution >= 4 is 0 Å². The number of rotatable bonds is 5. The van der Waals surface area contributed by atoms with Crippen molar-refractivity contribution in [1.29, 1.82) is 0 Å². The summed E-state index contributed by atoms with van der Waals surface area (Å²) in [5, 5.41) is 4.16. The predicted octanol–water partition coefficient (Wildman–Crippen LogP) is 1.86. The maximum Gasteiger partial charge on any atom is 0.138 e. The van der Waals surface area contributed by atoms with Crippen LogP contribution in [0.25, 0.3) is 0 Å². The fraction of sp³-hybridized carbons (Fsp3) is 0.429. The van der Waals surface area contributed by atoms with E-state index in [0.29, 0.717) is 6.42 Å². The van der Waals surface area contributed by atoms with Gasteiger partial charge in [0.1, 0.15) is 17.9 Å². The Labute approximate surface area is 113 Å². The molecule has 19 heavy (non-hydrogen) atoms. The minimum absolute atomic E-state index is 0.0842. The monoisotopic (exact) mass is 260 g/mol. The van der Waals surface area contributed by atoms with Gasteiger partial charge in [-0.2, -0.15) is 5.10 Å². The molecular formula is C14H20N4O. The number of hydrogen-bond acceptors (Lipinski definition) is 4. The molecule has 1 unspecified atom stereocenters. The van der Waals surface area contributed by atoms with E-state index >= 15 is 0 Å². The van der Waals surface area contributed by atoms with Gasteiger partial charge in [0.25, 0.3) is 0 Å². The molecule has 0 radical (unpaired) electrons. The summed E-state index contributed by atoms with van der Waals surface area (Å²) in [5.74, 6) is 1.80. The summed E-state index contributed by atoms with van der Waals surface area (Å²) in [6, 6.07) is 5.94. The Morgan fingerprint density at radius 3 is 2.84 bits per heavy atom. The van der Waals surface area contributed by atoms with Crippen LogP contribution in [0.5, 0.6) is 5.75 Å². The van der Waals surface area contributed by atoms with Crippen LogP contribution in [-0.2, 0) is 13.0 Å². The second-order valence-electron chi connectivity index (χ2n) is 4.53. The van der Waals surface area contributed by atoms with E-state index in [9.17, 15) is 0 Å². The minimum atomic E-state index is -0.0842. The van der Waals surface area contributed by atoms with Crippen molar-refractivity contribution in [3.8, 4) is 5.75 Å². The first-order chi connectivity index (χ1) is 9.15. The lowest BCUT2D eigenvalue weighted by Crippen LogP contribution is -2.17. The van der Waals surface area contributed by atoms with Crippen LogP contribution < -0.4 is 10.5 Å². The molecule has 2 N–H and O–H groups in total. The Morgan fingerprint density at radius 1 is 1.42 bits per heavy atom. The van der Waals surface area contributed by atoms with E-state index in [0.717, 1.165) is 29.2 Å². The summed E-state index contributed by atoms with van der Waals surface area (Å²) in [7, 11) is 1.67. The quantitative estimate of drug-likeness (QED) is 0.891. The molecule has 1 heterocycles. The third-order valence-electron chi connectivity index (χ3n) is 3.24. The average molecular weight is 260 g/mol. The van der Waals surface area contributed by atoms with Crippen LogP contribution in [-0.4, -0.2) is 21.9 Å². The highest BCUT2D eigenvalue weighted by molar-refractivity contribution is 5.37. The van der Waals surface area contributed by atoms with E-state index in [1.807, 2.05) is 30.7 Å². The zero-order valence-corrected chi connectivity index (χ0v) is 11.6. The summed E-state index contributed by atoms with van der Waals surface area (Å²) >= 11 is 0. The number of aromatic nitrogens is 3. The maximum atomic E-state index is 6.25. The molecule has 1 aromatic heterocycles. The second kappa shape index (κ2) is 5.84. The fourth-order valence-electron chi connectivity index (χ4n) is 2.16. The number of hydrogen-bond donors (Lipinski definition) is 1. The van der Waals surface area contributed by atoms with Crippen molar-refractivity contribution in [2.75, 3.05) is 7.11 Å². The molecular weight excluding hydrogens is 240 g/mol. The highest BCUT2D eigenvalue weighted by Crippen LogP contribution is 2.23. The minimum Gasteiger partial charge on any atom is -0.496 e. The molecule has 0 fully saturated rings. The Kier molecular flexibility index (Phi) is 4.16. The Hall–Kier alpha value is -1.88. The summed E-state index contributed by atoms with van der Waals surface area (Å²) in [6.45, 7) is 4.87. The van der Waals surface area contributed by atoms with Crippen LogP contribution in [0.15, 0.2) is 24.5 Å². The van der Waals surface area contributed by atoms with Gasteiger partial charge in [0, 0.05) is 19.0 Å². The lowest BCUT2D eigenvalue weighted by atomic mass is 10.0. The molecule has 0 saturated heterocycles. The molecule has 0 aliphatic carbocycles. The zero-order valence-electron chi connectivity index (χ0n) is 11.6. The predicted molar refractivity (Wildman–Crippen MR) is 74.1 cm³/mol. The number of nitrogens with zero attached hydrogens (tertiary/aromatic N) is 3. The summed E-state index contributed by atoms with van der Waals surface area (Å²) in [4.78, 5) is 4.26. The van der Waals surface area contributed by atoms with Gasteiger partial charge in [0.15, 0.2) is 0 Å². The molecule has 1 atom stereocenters. The lowest BCUT2D eigenvalue weighted by molar-refractivity contribution is 0.411. The van der Waals surface area contributed by atoms with Gasteiger partial charge in [-0.1, -0.05) is 12.1 Å². The van der Waals surface area contributed by atoms with Crippen LogP contribution in [0, 0.1) is 6.92 Å². The van der Waals surface area contributed by atoms with E-state index in [2.05, 4.69) is 16.1 Å². The SMILES string of the molecule is CCn1ncnc1CC(N)c1ccc(OC)c(C)c1. The molecule has 0 amide bonds.